The third kappa shape index (κ3) is 4.13. The van der Waals surface area contributed by atoms with E-state index in [4.69, 9.17) is 0 Å². The Bertz CT molecular complexity index is 437. The largest absolute Gasteiger partial charge is 0.387 e. The van der Waals surface area contributed by atoms with Crippen LogP contribution in [0.5, 0.6) is 0 Å². The van der Waals surface area contributed by atoms with Crippen LogP contribution >= 0.6 is 11.8 Å². The van der Waals surface area contributed by atoms with Crippen molar-refractivity contribution >= 4 is 23.4 Å². The third-order valence-corrected chi connectivity index (χ3v) is 3.91. The molecule has 1 atom stereocenters. The van der Waals surface area contributed by atoms with Crippen LogP contribution in [0.2, 0.25) is 0 Å². The number of pyridine rings is 1. The molecule has 0 radical (unpaired) electrons. The van der Waals surface area contributed by atoms with Crippen molar-refractivity contribution in [1.29, 1.82) is 0 Å². The van der Waals surface area contributed by atoms with Gasteiger partial charge in [-0.3, -0.25) is 9.78 Å². The van der Waals surface area contributed by atoms with Crippen LogP contribution in [0.4, 0.5) is 5.69 Å². The van der Waals surface area contributed by atoms with E-state index in [1.54, 1.807) is 22.9 Å². The fourth-order valence-electron chi connectivity index (χ4n) is 1.81. The fraction of sp³-hybridized carbons (Fsp3) is 0.571. The molecule has 1 rings (SSSR count). The molecular weight excluding hydrogens is 258 g/mol. The predicted molar refractivity (Wildman–Crippen MR) is 83.1 cm³/mol. The lowest BCUT2D eigenvalue weighted by atomic mass is 10.1. The van der Waals surface area contributed by atoms with Crippen molar-refractivity contribution in [2.75, 3.05) is 31.4 Å². The molecule has 1 heterocycles. The number of aromatic nitrogens is 1. The SMILES string of the molecule is CNc1cc(C)ncc1C(=O)N(C)C(C)CCSC. The monoisotopic (exact) mass is 281 g/mol. The molecule has 19 heavy (non-hydrogen) atoms. The second-order valence-electron chi connectivity index (χ2n) is 4.67. The second kappa shape index (κ2) is 7.38. The first-order chi connectivity index (χ1) is 9.01. The summed E-state index contributed by atoms with van der Waals surface area (Å²) in [6, 6.07) is 2.12. The van der Waals surface area contributed by atoms with Crippen molar-refractivity contribution in [2.45, 2.75) is 26.3 Å². The summed E-state index contributed by atoms with van der Waals surface area (Å²) in [5, 5.41) is 3.06. The number of anilines is 1. The van der Waals surface area contributed by atoms with Gasteiger partial charge in [0.2, 0.25) is 0 Å². The van der Waals surface area contributed by atoms with E-state index in [-0.39, 0.29) is 11.9 Å². The number of carbonyl (C=O) groups is 1. The zero-order valence-corrected chi connectivity index (χ0v) is 13.2. The number of nitrogens with zero attached hydrogens (tertiary/aromatic N) is 2. The lowest BCUT2D eigenvalue weighted by Crippen LogP contribution is -2.35. The van der Waals surface area contributed by atoms with Crippen LogP contribution in [0, 0.1) is 6.92 Å². The summed E-state index contributed by atoms with van der Waals surface area (Å²) in [5.74, 6) is 1.08. The normalized spacial score (nSPS) is 12.1. The van der Waals surface area contributed by atoms with Gasteiger partial charge in [0.05, 0.1) is 11.3 Å². The van der Waals surface area contributed by atoms with Crippen molar-refractivity contribution < 1.29 is 4.79 Å². The highest BCUT2D eigenvalue weighted by atomic mass is 32.2. The molecule has 0 aliphatic rings. The Balaban J connectivity index is 2.87. The average Bonchev–Trinajstić information content (AvgIpc) is 2.42. The minimum atomic E-state index is 0.0189. The molecule has 0 saturated carbocycles. The van der Waals surface area contributed by atoms with Crippen LogP contribution in [-0.2, 0) is 0 Å². The van der Waals surface area contributed by atoms with E-state index < -0.39 is 0 Å². The van der Waals surface area contributed by atoms with Gasteiger partial charge in [-0.1, -0.05) is 0 Å². The molecule has 0 saturated heterocycles. The number of amides is 1. The summed E-state index contributed by atoms with van der Waals surface area (Å²) in [5.41, 5.74) is 2.37. The molecule has 1 aromatic rings. The molecule has 0 aromatic carbocycles. The highest BCUT2D eigenvalue weighted by Crippen LogP contribution is 2.18. The predicted octanol–water partition coefficient (Wildman–Crippen LogP) is 2.65. The van der Waals surface area contributed by atoms with Crippen molar-refractivity contribution in [2.24, 2.45) is 0 Å². The van der Waals surface area contributed by atoms with Gasteiger partial charge in [-0.2, -0.15) is 11.8 Å². The number of hydrogen-bond acceptors (Lipinski definition) is 4. The number of rotatable bonds is 6. The van der Waals surface area contributed by atoms with E-state index in [0.717, 1.165) is 23.6 Å². The topological polar surface area (TPSA) is 45.2 Å². The lowest BCUT2D eigenvalue weighted by molar-refractivity contribution is 0.0742. The van der Waals surface area contributed by atoms with Gasteiger partial charge in [0.25, 0.3) is 5.91 Å². The molecule has 106 valence electrons. The van der Waals surface area contributed by atoms with E-state index >= 15 is 0 Å². The van der Waals surface area contributed by atoms with E-state index in [1.807, 2.05) is 27.1 Å². The van der Waals surface area contributed by atoms with E-state index in [1.165, 1.54) is 0 Å². The quantitative estimate of drug-likeness (QED) is 0.870. The van der Waals surface area contributed by atoms with Crippen molar-refractivity contribution in [3.05, 3.63) is 23.5 Å². The van der Waals surface area contributed by atoms with Gasteiger partial charge in [-0.05, 0) is 38.3 Å². The Labute approximate surface area is 120 Å². The van der Waals surface area contributed by atoms with Gasteiger partial charge >= 0.3 is 0 Å². The first-order valence-corrected chi connectivity index (χ1v) is 7.81. The van der Waals surface area contributed by atoms with Crippen molar-refractivity contribution in [3.8, 4) is 0 Å². The van der Waals surface area contributed by atoms with E-state index in [0.29, 0.717) is 5.56 Å². The van der Waals surface area contributed by atoms with Gasteiger partial charge in [-0.15, -0.1) is 0 Å². The van der Waals surface area contributed by atoms with Crippen LogP contribution in [0.15, 0.2) is 12.3 Å². The standard InChI is InChI=1S/C14H23N3OS/c1-10-8-13(15-3)12(9-16-10)14(18)17(4)11(2)6-7-19-5/h8-9,11H,6-7H2,1-5H3,(H,15,16). The summed E-state index contributed by atoms with van der Waals surface area (Å²) < 4.78 is 0. The minimum absolute atomic E-state index is 0.0189. The van der Waals surface area contributed by atoms with Crippen LogP contribution in [0.25, 0.3) is 0 Å². The van der Waals surface area contributed by atoms with Gasteiger partial charge in [0.1, 0.15) is 0 Å². The Hall–Kier alpha value is -1.23. The Morgan fingerprint density at radius 2 is 2.26 bits per heavy atom. The van der Waals surface area contributed by atoms with Crippen LogP contribution in [-0.4, -0.2) is 47.9 Å². The molecule has 0 aliphatic heterocycles. The molecule has 1 aromatic heterocycles. The van der Waals surface area contributed by atoms with Gasteiger partial charge in [0.15, 0.2) is 0 Å². The summed E-state index contributed by atoms with van der Waals surface area (Å²) in [6.45, 7) is 3.99. The first kappa shape index (κ1) is 15.8. The number of nitrogens with one attached hydrogen (secondary N) is 1. The summed E-state index contributed by atoms with van der Waals surface area (Å²) in [6.07, 6.45) is 4.73. The maximum Gasteiger partial charge on any atom is 0.257 e. The molecule has 1 unspecified atom stereocenters. The first-order valence-electron chi connectivity index (χ1n) is 6.41. The number of carbonyl (C=O) groups excluding carboxylic acids is 1. The van der Waals surface area contributed by atoms with Gasteiger partial charge in [0, 0.05) is 32.0 Å². The third-order valence-electron chi connectivity index (χ3n) is 3.26. The van der Waals surface area contributed by atoms with E-state index in [2.05, 4.69) is 23.5 Å². The molecule has 0 fully saturated rings. The van der Waals surface area contributed by atoms with Crippen molar-refractivity contribution in [1.82, 2.24) is 9.88 Å². The Morgan fingerprint density at radius 1 is 1.58 bits per heavy atom. The highest BCUT2D eigenvalue weighted by molar-refractivity contribution is 7.98. The van der Waals surface area contributed by atoms with Crippen LogP contribution in [0.1, 0.15) is 29.4 Å². The number of aryl methyl sites for hydroxylation is 1. The summed E-state index contributed by atoms with van der Waals surface area (Å²) in [7, 11) is 3.68. The Kier molecular flexibility index (Phi) is 6.15. The van der Waals surface area contributed by atoms with E-state index in [9.17, 15) is 4.79 Å². The molecule has 4 nitrogen and oxygen atoms in total. The maximum atomic E-state index is 12.5. The smallest absolute Gasteiger partial charge is 0.257 e. The molecular formula is C14H23N3OS. The van der Waals surface area contributed by atoms with Gasteiger partial charge < -0.3 is 10.2 Å². The minimum Gasteiger partial charge on any atom is -0.387 e. The molecule has 1 N–H and O–H groups in total. The number of hydrogen-bond donors (Lipinski definition) is 1. The zero-order valence-electron chi connectivity index (χ0n) is 12.4. The molecule has 0 spiro atoms. The fourth-order valence-corrected chi connectivity index (χ4v) is 2.39. The second-order valence-corrected chi connectivity index (χ2v) is 5.65. The lowest BCUT2D eigenvalue weighted by Gasteiger charge is -2.25. The number of thioether (sulfide) groups is 1. The van der Waals surface area contributed by atoms with Crippen molar-refractivity contribution in [3.63, 3.8) is 0 Å². The van der Waals surface area contributed by atoms with Gasteiger partial charge in [-0.25, -0.2) is 0 Å². The molecule has 5 heteroatoms. The Morgan fingerprint density at radius 3 is 2.84 bits per heavy atom. The van der Waals surface area contributed by atoms with Crippen LogP contribution in [0.3, 0.4) is 0 Å². The van der Waals surface area contributed by atoms with Crippen LogP contribution < -0.4 is 5.32 Å². The molecule has 0 aliphatic carbocycles. The summed E-state index contributed by atoms with van der Waals surface area (Å²) in [4.78, 5) is 18.5. The molecule has 1 amide bonds. The molecule has 0 bridgehead atoms. The summed E-state index contributed by atoms with van der Waals surface area (Å²) >= 11 is 1.80. The zero-order chi connectivity index (χ0) is 14.4. The average molecular weight is 281 g/mol. The highest BCUT2D eigenvalue weighted by Gasteiger charge is 2.20. The maximum absolute atomic E-state index is 12.5.